The molecule has 0 aliphatic carbocycles. The van der Waals surface area contributed by atoms with Crippen LogP contribution in [0.25, 0.3) is 0 Å². The molecule has 0 spiro atoms. The van der Waals surface area contributed by atoms with Gasteiger partial charge in [-0.15, -0.1) is 0 Å². The molecule has 0 saturated carbocycles. The molecule has 2 rings (SSSR count). The van der Waals surface area contributed by atoms with Gasteiger partial charge in [-0.3, -0.25) is 9.59 Å². The average molecular weight is 322 g/mol. The lowest BCUT2D eigenvalue weighted by atomic mass is 10.3. The third-order valence-electron chi connectivity index (χ3n) is 2.43. The van der Waals surface area contributed by atoms with Crippen LogP contribution in [0.15, 0.2) is 45.9 Å². The Balaban J connectivity index is 2.14. The Bertz CT molecular complexity index is 653. The summed E-state index contributed by atoms with van der Waals surface area (Å²) < 4.78 is 1.80. The van der Waals surface area contributed by atoms with E-state index in [9.17, 15) is 9.59 Å². The van der Waals surface area contributed by atoms with Gasteiger partial charge in [0.25, 0.3) is 5.56 Å². The zero-order valence-electron chi connectivity index (χ0n) is 10.3. The lowest BCUT2D eigenvalue weighted by Crippen LogP contribution is -2.28. The highest BCUT2D eigenvalue weighted by molar-refractivity contribution is 9.10. The van der Waals surface area contributed by atoms with Crippen molar-refractivity contribution in [2.75, 3.05) is 5.32 Å². The van der Waals surface area contributed by atoms with Gasteiger partial charge in [-0.05, 0) is 46.6 Å². The van der Waals surface area contributed by atoms with Crippen LogP contribution in [-0.4, -0.2) is 15.5 Å². The van der Waals surface area contributed by atoms with Crippen molar-refractivity contribution in [2.45, 2.75) is 13.5 Å². The number of aromatic nitrogens is 2. The van der Waals surface area contributed by atoms with Crippen molar-refractivity contribution in [3.63, 3.8) is 0 Å². The molecule has 2 aromatic rings. The van der Waals surface area contributed by atoms with Crippen molar-refractivity contribution in [3.8, 4) is 0 Å². The van der Waals surface area contributed by atoms with E-state index in [1.165, 1.54) is 4.57 Å². The maximum atomic E-state index is 11.8. The molecule has 0 unspecified atom stereocenters. The zero-order valence-corrected chi connectivity index (χ0v) is 11.8. The smallest absolute Gasteiger partial charge is 0.265 e. The summed E-state index contributed by atoms with van der Waals surface area (Å²) >= 11 is 3.18. The van der Waals surface area contributed by atoms with E-state index in [0.717, 1.165) is 5.56 Å². The van der Waals surface area contributed by atoms with Crippen molar-refractivity contribution in [2.24, 2.45) is 0 Å². The fraction of sp³-hybridized carbons (Fsp3) is 0.154. The number of pyridine rings is 2. The number of nitrogens with zero attached hydrogens (tertiary/aromatic N) is 2. The standard InChI is InChI=1S/C13H12BrN3O2/c1-9-6-10(14)13(19)17(7-9)8-12(18)16-11-4-2-3-5-15-11/h2-7H,8H2,1H3,(H,15,16,18). The summed E-state index contributed by atoms with van der Waals surface area (Å²) in [6.07, 6.45) is 3.23. The van der Waals surface area contributed by atoms with Crippen LogP contribution in [0.3, 0.4) is 0 Å². The van der Waals surface area contributed by atoms with E-state index in [4.69, 9.17) is 0 Å². The lowest BCUT2D eigenvalue weighted by molar-refractivity contribution is -0.116. The Labute approximate surface area is 118 Å². The molecule has 0 atom stereocenters. The molecule has 0 fully saturated rings. The first-order valence-electron chi connectivity index (χ1n) is 5.64. The van der Waals surface area contributed by atoms with Crippen LogP contribution in [0, 0.1) is 6.92 Å². The fourth-order valence-electron chi connectivity index (χ4n) is 1.63. The Morgan fingerprint density at radius 3 is 2.95 bits per heavy atom. The molecule has 6 heteroatoms. The number of nitrogens with one attached hydrogen (secondary N) is 1. The topological polar surface area (TPSA) is 64.0 Å². The van der Waals surface area contributed by atoms with Crippen molar-refractivity contribution in [1.82, 2.24) is 9.55 Å². The summed E-state index contributed by atoms with van der Waals surface area (Å²) in [6.45, 7) is 1.81. The lowest BCUT2D eigenvalue weighted by Gasteiger charge is -2.08. The maximum absolute atomic E-state index is 11.8. The molecular formula is C13H12BrN3O2. The van der Waals surface area contributed by atoms with E-state index in [1.54, 1.807) is 36.7 Å². The molecule has 0 radical (unpaired) electrons. The van der Waals surface area contributed by atoms with Gasteiger partial charge in [0.15, 0.2) is 0 Å². The van der Waals surface area contributed by atoms with E-state index in [2.05, 4.69) is 26.2 Å². The first-order chi connectivity index (χ1) is 9.06. The fourth-order valence-corrected chi connectivity index (χ4v) is 2.22. The highest BCUT2D eigenvalue weighted by Gasteiger charge is 2.08. The average Bonchev–Trinajstić information content (AvgIpc) is 2.36. The third-order valence-corrected chi connectivity index (χ3v) is 2.99. The Kier molecular flexibility index (Phi) is 4.11. The van der Waals surface area contributed by atoms with Crippen molar-refractivity contribution < 1.29 is 4.79 Å². The number of carbonyl (C=O) groups is 1. The molecule has 0 saturated heterocycles. The summed E-state index contributed by atoms with van der Waals surface area (Å²) in [6, 6.07) is 6.94. The molecule has 0 aliphatic rings. The SMILES string of the molecule is Cc1cc(Br)c(=O)n(CC(=O)Nc2ccccn2)c1. The van der Waals surface area contributed by atoms with Gasteiger partial charge in [-0.2, -0.15) is 0 Å². The molecule has 2 aromatic heterocycles. The Hall–Kier alpha value is -1.95. The van der Waals surface area contributed by atoms with Gasteiger partial charge in [-0.1, -0.05) is 6.07 Å². The number of rotatable bonds is 3. The summed E-state index contributed by atoms with van der Waals surface area (Å²) in [5, 5.41) is 2.63. The summed E-state index contributed by atoms with van der Waals surface area (Å²) in [5.41, 5.74) is 0.666. The van der Waals surface area contributed by atoms with Crippen molar-refractivity contribution in [3.05, 3.63) is 57.0 Å². The van der Waals surface area contributed by atoms with Gasteiger partial charge in [-0.25, -0.2) is 4.98 Å². The van der Waals surface area contributed by atoms with E-state index in [-0.39, 0.29) is 18.0 Å². The normalized spacial score (nSPS) is 10.2. The molecule has 0 aromatic carbocycles. The molecule has 5 nitrogen and oxygen atoms in total. The van der Waals surface area contributed by atoms with Crippen LogP contribution < -0.4 is 10.9 Å². The van der Waals surface area contributed by atoms with Gasteiger partial charge in [0.2, 0.25) is 5.91 Å². The molecule has 0 aliphatic heterocycles. The van der Waals surface area contributed by atoms with Gasteiger partial charge < -0.3 is 9.88 Å². The zero-order chi connectivity index (χ0) is 13.8. The van der Waals surface area contributed by atoms with E-state index in [1.807, 2.05) is 6.92 Å². The molecule has 1 N–H and O–H groups in total. The molecule has 1 amide bonds. The Morgan fingerprint density at radius 2 is 2.26 bits per heavy atom. The first kappa shape index (κ1) is 13.5. The minimum absolute atomic E-state index is 0.0459. The number of aryl methyl sites for hydroxylation is 1. The molecule has 2 heterocycles. The number of hydrogen-bond donors (Lipinski definition) is 1. The van der Waals surface area contributed by atoms with Gasteiger partial charge >= 0.3 is 0 Å². The van der Waals surface area contributed by atoms with Gasteiger partial charge in [0, 0.05) is 12.4 Å². The maximum Gasteiger partial charge on any atom is 0.265 e. The number of anilines is 1. The first-order valence-corrected chi connectivity index (χ1v) is 6.43. The highest BCUT2D eigenvalue weighted by Crippen LogP contribution is 2.06. The molecular weight excluding hydrogens is 310 g/mol. The summed E-state index contributed by atoms with van der Waals surface area (Å²) in [7, 11) is 0. The van der Waals surface area contributed by atoms with E-state index in [0.29, 0.717) is 10.3 Å². The number of halogens is 1. The quantitative estimate of drug-likeness (QED) is 0.939. The predicted octanol–water partition coefficient (Wildman–Crippen LogP) is 1.95. The van der Waals surface area contributed by atoms with Crippen LogP contribution in [0.2, 0.25) is 0 Å². The van der Waals surface area contributed by atoms with Gasteiger partial charge in [0.05, 0.1) is 4.47 Å². The highest BCUT2D eigenvalue weighted by atomic mass is 79.9. The summed E-state index contributed by atoms with van der Waals surface area (Å²) in [4.78, 5) is 27.6. The number of carbonyl (C=O) groups excluding carboxylic acids is 1. The largest absolute Gasteiger partial charge is 0.309 e. The van der Waals surface area contributed by atoms with Crippen LogP contribution in [0.5, 0.6) is 0 Å². The molecule has 19 heavy (non-hydrogen) atoms. The number of hydrogen-bond acceptors (Lipinski definition) is 3. The second-order valence-electron chi connectivity index (χ2n) is 4.06. The predicted molar refractivity (Wildman–Crippen MR) is 76.0 cm³/mol. The van der Waals surface area contributed by atoms with Crippen LogP contribution in [-0.2, 0) is 11.3 Å². The third kappa shape index (κ3) is 3.51. The van der Waals surface area contributed by atoms with Gasteiger partial charge in [0.1, 0.15) is 12.4 Å². The van der Waals surface area contributed by atoms with Crippen molar-refractivity contribution >= 4 is 27.7 Å². The van der Waals surface area contributed by atoms with Crippen LogP contribution in [0.4, 0.5) is 5.82 Å². The molecule has 0 bridgehead atoms. The second kappa shape index (κ2) is 5.79. The van der Waals surface area contributed by atoms with E-state index >= 15 is 0 Å². The minimum Gasteiger partial charge on any atom is -0.309 e. The second-order valence-corrected chi connectivity index (χ2v) is 4.92. The van der Waals surface area contributed by atoms with Crippen LogP contribution in [0.1, 0.15) is 5.56 Å². The summed E-state index contributed by atoms with van der Waals surface area (Å²) in [5.74, 6) is 0.172. The molecule has 98 valence electrons. The van der Waals surface area contributed by atoms with Crippen molar-refractivity contribution in [1.29, 1.82) is 0 Å². The number of amides is 1. The monoisotopic (exact) mass is 321 g/mol. The van der Waals surface area contributed by atoms with Crippen LogP contribution >= 0.6 is 15.9 Å². The van der Waals surface area contributed by atoms with E-state index < -0.39 is 0 Å². The minimum atomic E-state index is -0.293. The Morgan fingerprint density at radius 1 is 1.47 bits per heavy atom.